The van der Waals surface area contributed by atoms with Gasteiger partial charge in [0.2, 0.25) is 0 Å². The van der Waals surface area contributed by atoms with Gasteiger partial charge in [-0.05, 0) is 25.2 Å². The molecule has 0 saturated heterocycles. The lowest BCUT2D eigenvalue weighted by Crippen LogP contribution is -2.23. The summed E-state index contributed by atoms with van der Waals surface area (Å²) in [6, 6.07) is 0. The van der Waals surface area contributed by atoms with E-state index < -0.39 is 11.9 Å². The SMILES string of the molecule is NN=C1C(C(=O)O)CC2CCCC12. The molecule has 0 aromatic rings. The minimum atomic E-state index is -0.765. The molecule has 72 valence electrons. The first kappa shape index (κ1) is 8.53. The van der Waals surface area contributed by atoms with Crippen LogP contribution < -0.4 is 5.84 Å². The summed E-state index contributed by atoms with van der Waals surface area (Å²) in [5, 5.41) is 12.6. The minimum Gasteiger partial charge on any atom is -0.481 e. The first-order chi connectivity index (χ1) is 6.24. The Labute approximate surface area is 76.8 Å². The zero-order valence-corrected chi connectivity index (χ0v) is 7.44. The fraction of sp³-hybridized carbons (Fsp3) is 0.778. The molecular weight excluding hydrogens is 168 g/mol. The van der Waals surface area contributed by atoms with E-state index in [9.17, 15) is 4.79 Å². The molecule has 4 nitrogen and oxygen atoms in total. The Balaban J connectivity index is 2.22. The van der Waals surface area contributed by atoms with Crippen LogP contribution in [0.4, 0.5) is 0 Å². The van der Waals surface area contributed by atoms with Gasteiger partial charge in [-0.3, -0.25) is 4.79 Å². The molecule has 3 unspecified atom stereocenters. The Hall–Kier alpha value is -1.06. The van der Waals surface area contributed by atoms with Crippen molar-refractivity contribution in [3.63, 3.8) is 0 Å². The Kier molecular flexibility index (Phi) is 1.98. The van der Waals surface area contributed by atoms with Crippen LogP contribution in [-0.4, -0.2) is 16.8 Å². The Bertz CT molecular complexity index is 262. The summed E-state index contributed by atoms with van der Waals surface area (Å²) in [6.07, 6.45) is 4.16. The van der Waals surface area contributed by atoms with Gasteiger partial charge in [-0.2, -0.15) is 5.10 Å². The van der Waals surface area contributed by atoms with Crippen LogP contribution in [0.1, 0.15) is 25.7 Å². The third-order valence-corrected chi connectivity index (χ3v) is 3.38. The molecule has 4 heteroatoms. The summed E-state index contributed by atoms with van der Waals surface area (Å²) in [4.78, 5) is 10.9. The van der Waals surface area contributed by atoms with Crippen LogP contribution >= 0.6 is 0 Å². The maximum atomic E-state index is 10.9. The lowest BCUT2D eigenvalue weighted by molar-refractivity contribution is -0.139. The van der Waals surface area contributed by atoms with Crippen LogP contribution in [0.25, 0.3) is 0 Å². The van der Waals surface area contributed by atoms with Crippen molar-refractivity contribution in [1.82, 2.24) is 0 Å². The predicted molar refractivity (Wildman–Crippen MR) is 48.2 cm³/mol. The number of hydrazone groups is 1. The van der Waals surface area contributed by atoms with Crippen LogP contribution in [0, 0.1) is 17.8 Å². The maximum Gasteiger partial charge on any atom is 0.312 e. The molecule has 3 N–H and O–H groups in total. The third-order valence-electron chi connectivity index (χ3n) is 3.38. The van der Waals surface area contributed by atoms with Gasteiger partial charge in [-0.1, -0.05) is 6.42 Å². The van der Waals surface area contributed by atoms with E-state index in [1.807, 2.05) is 0 Å². The molecule has 0 spiro atoms. The summed E-state index contributed by atoms with van der Waals surface area (Å²) < 4.78 is 0. The highest BCUT2D eigenvalue weighted by molar-refractivity contribution is 6.04. The molecule has 2 saturated carbocycles. The molecule has 0 radical (unpaired) electrons. The summed E-state index contributed by atoms with van der Waals surface area (Å²) >= 11 is 0. The maximum absolute atomic E-state index is 10.9. The monoisotopic (exact) mass is 182 g/mol. The lowest BCUT2D eigenvalue weighted by atomic mass is 9.99. The number of carboxylic acids is 1. The second-order valence-corrected chi connectivity index (χ2v) is 3.98. The molecule has 2 fully saturated rings. The van der Waals surface area contributed by atoms with E-state index >= 15 is 0 Å². The summed E-state index contributed by atoms with van der Waals surface area (Å²) in [6.45, 7) is 0. The van der Waals surface area contributed by atoms with Crippen molar-refractivity contribution in [1.29, 1.82) is 0 Å². The van der Waals surface area contributed by atoms with Gasteiger partial charge in [0.05, 0.1) is 11.6 Å². The van der Waals surface area contributed by atoms with E-state index in [0.29, 0.717) is 11.8 Å². The van der Waals surface area contributed by atoms with Gasteiger partial charge in [-0.15, -0.1) is 0 Å². The number of hydrogen-bond donors (Lipinski definition) is 2. The number of carbonyl (C=O) groups is 1. The average molecular weight is 182 g/mol. The Morgan fingerprint density at radius 3 is 2.92 bits per heavy atom. The molecule has 0 aliphatic heterocycles. The predicted octanol–water partition coefficient (Wildman–Crippen LogP) is 0.822. The van der Waals surface area contributed by atoms with Crippen molar-refractivity contribution in [2.45, 2.75) is 25.7 Å². The second-order valence-electron chi connectivity index (χ2n) is 3.98. The second kappa shape index (κ2) is 3.01. The van der Waals surface area contributed by atoms with Gasteiger partial charge in [0.15, 0.2) is 0 Å². The first-order valence-electron chi connectivity index (χ1n) is 4.74. The molecule has 0 amide bonds. The summed E-state index contributed by atoms with van der Waals surface area (Å²) in [5.41, 5.74) is 0.731. The van der Waals surface area contributed by atoms with Crippen molar-refractivity contribution < 1.29 is 9.90 Å². The van der Waals surface area contributed by atoms with Crippen molar-refractivity contribution in [2.75, 3.05) is 0 Å². The number of rotatable bonds is 1. The average Bonchev–Trinajstić information content (AvgIpc) is 2.60. The van der Waals surface area contributed by atoms with Crippen LogP contribution in [-0.2, 0) is 4.79 Å². The lowest BCUT2D eigenvalue weighted by Gasteiger charge is -2.08. The smallest absolute Gasteiger partial charge is 0.312 e. The highest BCUT2D eigenvalue weighted by Crippen LogP contribution is 2.44. The largest absolute Gasteiger partial charge is 0.481 e. The summed E-state index contributed by atoms with van der Waals surface area (Å²) in [7, 11) is 0. The standard InChI is InChI=1S/C9H14N2O2/c10-11-8-6-3-1-2-5(6)4-7(8)9(12)13/h5-7H,1-4,10H2,(H,12,13). The normalized spacial score (nSPS) is 40.9. The van der Waals surface area contributed by atoms with Crippen molar-refractivity contribution >= 4 is 11.7 Å². The molecule has 2 aliphatic carbocycles. The fourth-order valence-corrected chi connectivity index (χ4v) is 2.80. The van der Waals surface area contributed by atoms with Crippen LogP contribution in [0.5, 0.6) is 0 Å². The van der Waals surface area contributed by atoms with Crippen molar-refractivity contribution in [2.24, 2.45) is 28.7 Å². The molecule has 2 aliphatic rings. The van der Waals surface area contributed by atoms with E-state index in [2.05, 4.69) is 5.10 Å². The van der Waals surface area contributed by atoms with Gasteiger partial charge >= 0.3 is 5.97 Å². The third kappa shape index (κ3) is 1.20. The van der Waals surface area contributed by atoms with Crippen molar-refractivity contribution in [3.05, 3.63) is 0 Å². The summed E-state index contributed by atoms with van der Waals surface area (Å²) in [5.74, 6) is 4.97. The Morgan fingerprint density at radius 1 is 1.54 bits per heavy atom. The van der Waals surface area contributed by atoms with Gasteiger partial charge in [0.25, 0.3) is 0 Å². The number of nitrogens with two attached hydrogens (primary N) is 1. The number of carboxylic acid groups (broad SMARTS) is 1. The van der Waals surface area contributed by atoms with E-state index in [0.717, 1.165) is 25.0 Å². The zero-order valence-electron chi connectivity index (χ0n) is 7.44. The molecule has 2 rings (SSSR count). The van der Waals surface area contributed by atoms with Gasteiger partial charge in [0.1, 0.15) is 0 Å². The molecular formula is C9H14N2O2. The molecule has 0 heterocycles. The van der Waals surface area contributed by atoms with Crippen LogP contribution in [0.15, 0.2) is 5.10 Å². The number of nitrogens with zero attached hydrogens (tertiary/aromatic N) is 1. The van der Waals surface area contributed by atoms with E-state index in [1.165, 1.54) is 6.42 Å². The molecule has 0 aromatic carbocycles. The van der Waals surface area contributed by atoms with Crippen LogP contribution in [0.3, 0.4) is 0 Å². The number of hydrogen-bond acceptors (Lipinski definition) is 3. The fourth-order valence-electron chi connectivity index (χ4n) is 2.80. The Morgan fingerprint density at radius 2 is 2.31 bits per heavy atom. The highest BCUT2D eigenvalue weighted by atomic mass is 16.4. The topological polar surface area (TPSA) is 75.7 Å². The van der Waals surface area contributed by atoms with E-state index in [1.54, 1.807) is 0 Å². The van der Waals surface area contributed by atoms with Gasteiger partial charge in [-0.25, -0.2) is 0 Å². The highest BCUT2D eigenvalue weighted by Gasteiger charge is 2.45. The molecule has 13 heavy (non-hydrogen) atoms. The molecule has 0 bridgehead atoms. The molecule has 3 atom stereocenters. The number of aliphatic carboxylic acids is 1. The minimum absolute atomic E-state index is 0.367. The van der Waals surface area contributed by atoms with E-state index in [4.69, 9.17) is 10.9 Å². The van der Waals surface area contributed by atoms with E-state index in [-0.39, 0.29) is 0 Å². The van der Waals surface area contributed by atoms with Gasteiger partial charge in [0, 0.05) is 5.92 Å². The quantitative estimate of drug-likeness (QED) is 0.465. The van der Waals surface area contributed by atoms with Crippen molar-refractivity contribution in [3.8, 4) is 0 Å². The first-order valence-corrected chi connectivity index (χ1v) is 4.74. The zero-order chi connectivity index (χ0) is 9.42. The number of fused-ring (bicyclic) bond motifs is 1. The van der Waals surface area contributed by atoms with Gasteiger partial charge < -0.3 is 10.9 Å². The van der Waals surface area contributed by atoms with Crippen LogP contribution in [0.2, 0.25) is 0 Å². The molecule has 0 aromatic heterocycles.